The Morgan fingerprint density at radius 1 is 1.64 bits per heavy atom. The summed E-state index contributed by atoms with van der Waals surface area (Å²) in [5, 5.41) is 0. The van der Waals surface area contributed by atoms with Crippen LogP contribution in [0.4, 0.5) is 0 Å². The maximum Gasteiger partial charge on any atom is 0.137 e. The summed E-state index contributed by atoms with van der Waals surface area (Å²) in [5.41, 5.74) is 1.55. The number of rotatable bonds is 1. The molecule has 0 spiro atoms. The molecule has 1 heterocycles. The van der Waals surface area contributed by atoms with Crippen molar-refractivity contribution in [3.63, 3.8) is 0 Å². The second-order valence-electron chi connectivity index (χ2n) is 2.21. The first-order valence-electron chi connectivity index (χ1n) is 3.05. The molecular formula is C8H8NOY-. The Bertz CT molecular complexity index is 260. The summed E-state index contributed by atoms with van der Waals surface area (Å²) in [6.07, 6.45) is 4.25. The summed E-state index contributed by atoms with van der Waals surface area (Å²) in [7, 11) is 0. The van der Waals surface area contributed by atoms with Crippen LogP contribution in [0, 0.1) is 13.1 Å². The second kappa shape index (κ2) is 4.73. The monoisotopic (exact) mass is 223 g/mol. The van der Waals surface area contributed by atoms with Gasteiger partial charge in [0.05, 0.1) is 0 Å². The molecule has 0 aromatic carbocycles. The van der Waals surface area contributed by atoms with Crippen molar-refractivity contribution in [2.75, 3.05) is 0 Å². The number of carbonyl (C=O) groups is 1. The average Bonchev–Trinajstić information content (AvgIpc) is 1.88. The van der Waals surface area contributed by atoms with Crippen molar-refractivity contribution in [3.05, 3.63) is 29.6 Å². The van der Waals surface area contributed by atoms with Gasteiger partial charge in [0.1, 0.15) is 5.78 Å². The molecule has 0 fully saturated rings. The van der Waals surface area contributed by atoms with Gasteiger partial charge in [-0.25, -0.2) is 0 Å². The molecule has 0 atom stereocenters. The van der Waals surface area contributed by atoms with Crippen LogP contribution >= 0.6 is 0 Å². The summed E-state index contributed by atoms with van der Waals surface area (Å²) >= 11 is 0. The van der Waals surface area contributed by atoms with Gasteiger partial charge in [-0.2, -0.15) is 6.07 Å². The standard InChI is InChI=1S/C8H8NO.Y/c1-6-3-8(7(2)10)5-9-4-6;/h3,5H,1-2H3;/q-1;. The summed E-state index contributed by atoms with van der Waals surface area (Å²) in [5.74, 6) is 0.0459. The zero-order valence-electron chi connectivity index (χ0n) is 6.59. The molecule has 0 saturated carbocycles. The fourth-order valence-electron chi connectivity index (χ4n) is 0.699. The van der Waals surface area contributed by atoms with E-state index in [-0.39, 0.29) is 38.5 Å². The molecular weight excluding hydrogens is 215 g/mol. The Hall–Kier alpha value is -0.0761. The van der Waals surface area contributed by atoms with Gasteiger partial charge in [0.25, 0.3) is 0 Å². The van der Waals surface area contributed by atoms with E-state index in [9.17, 15) is 4.79 Å². The minimum atomic E-state index is 0. The molecule has 0 aliphatic heterocycles. The van der Waals surface area contributed by atoms with Crippen LogP contribution in [-0.2, 0) is 32.7 Å². The number of hydrogen-bond donors (Lipinski definition) is 0. The van der Waals surface area contributed by atoms with Gasteiger partial charge in [-0.15, -0.1) is 5.56 Å². The average molecular weight is 223 g/mol. The van der Waals surface area contributed by atoms with Crippen LogP contribution in [0.5, 0.6) is 0 Å². The fourth-order valence-corrected chi connectivity index (χ4v) is 0.699. The molecule has 1 aromatic heterocycles. The van der Waals surface area contributed by atoms with Gasteiger partial charge in [-0.3, -0.25) is 4.79 Å². The van der Waals surface area contributed by atoms with Gasteiger partial charge >= 0.3 is 0 Å². The van der Waals surface area contributed by atoms with E-state index < -0.39 is 0 Å². The number of nitrogens with zero attached hydrogens (tertiary/aromatic N) is 1. The zero-order valence-corrected chi connectivity index (χ0v) is 9.43. The van der Waals surface area contributed by atoms with Gasteiger partial charge < -0.3 is 4.98 Å². The number of ketones is 1. The Kier molecular flexibility index (Phi) is 4.70. The van der Waals surface area contributed by atoms with E-state index in [4.69, 9.17) is 0 Å². The van der Waals surface area contributed by atoms with Gasteiger partial charge in [0.15, 0.2) is 0 Å². The van der Waals surface area contributed by atoms with Crippen LogP contribution < -0.4 is 0 Å². The molecule has 55 valence electrons. The molecule has 1 aromatic rings. The van der Waals surface area contributed by atoms with Crippen LogP contribution in [0.2, 0.25) is 0 Å². The quantitative estimate of drug-likeness (QED) is 0.532. The van der Waals surface area contributed by atoms with Crippen molar-refractivity contribution >= 4 is 5.78 Å². The fraction of sp³-hybridized carbons (Fsp3) is 0.250. The Morgan fingerprint density at radius 3 is 2.64 bits per heavy atom. The number of pyridine rings is 1. The summed E-state index contributed by atoms with van der Waals surface area (Å²) in [6.45, 7) is 3.38. The first-order chi connectivity index (χ1) is 4.70. The molecule has 0 N–H and O–H groups in total. The molecule has 0 bridgehead atoms. The first kappa shape index (κ1) is 10.9. The summed E-state index contributed by atoms with van der Waals surface area (Å²) in [6, 6.07) is 1.77. The number of aryl methyl sites for hydroxylation is 1. The third kappa shape index (κ3) is 3.21. The number of hydrogen-bond acceptors (Lipinski definition) is 2. The predicted molar refractivity (Wildman–Crippen MR) is 37.8 cm³/mol. The van der Waals surface area contributed by atoms with Crippen molar-refractivity contribution < 1.29 is 37.5 Å². The summed E-state index contributed by atoms with van der Waals surface area (Å²) < 4.78 is 0. The maximum atomic E-state index is 10.7. The Balaban J connectivity index is 0.000001000. The molecule has 3 heteroatoms. The predicted octanol–water partition coefficient (Wildman–Crippen LogP) is 1.39. The van der Waals surface area contributed by atoms with E-state index >= 15 is 0 Å². The van der Waals surface area contributed by atoms with Crippen LogP contribution in [0.15, 0.2) is 12.3 Å². The first-order valence-corrected chi connectivity index (χ1v) is 3.05. The SMILES string of the molecule is CC(=O)c1cn[c-]c(C)c1.[Y]. The van der Waals surface area contributed by atoms with E-state index in [2.05, 4.69) is 11.2 Å². The molecule has 11 heavy (non-hydrogen) atoms. The van der Waals surface area contributed by atoms with E-state index in [0.717, 1.165) is 5.56 Å². The van der Waals surface area contributed by atoms with Gasteiger partial charge in [0, 0.05) is 32.7 Å². The van der Waals surface area contributed by atoms with E-state index in [1.165, 1.54) is 13.1 Å². The zero-order chi connectivity index (χ0) is 7.56. The Labute approximate surface area is 91.3 Å². The second-order valence-corrected chi connectivity index (χ2v) is 2.21. The van der Waals surface area contributed by atoms with Crippen molar-refractivity contribution in [1.82, 2.24) is 4.98 Å². The molecule has 0 saturated heterocycles. The molecule has 1 rings (SSSR count). The largest absolute Gasteiger partial charge is 0.393 e. The minimum absolute atomic E-state index is 0. The third-order valence-electron chi connectivity index (χ3n) is 1.22. The molecule has 0 aliphatic carbocycles. The number of carbonyl (C=O) groups excluding carboxylic acids is 1. The minimum Gasteiger partial charge on any atom is -0.393 e. The maximum absolute atomic E-state index is 10.7. The third-order valence-corrected chi connectivity index (χ3v) is 1.22. The Morgan fingerprint density at radius 2 is 2.27 bits per heavy atom. The van der Waals surface area contributed by atoms with Crippen LogP contribution in [0.1, 0.15) is 22.8 Å². The molecule has 0 amide bonds. The van der Waals surface area contributed by atoms with Crippen molar-refractivity contribution in [3.8, 4) is 0 Å². The number of aromatic nitrogens is 1. The molecule has 0 aliphatic rings. The van der Waals surface area contributed by atoms with Crippen LogP contribution in [-0.4, -0.2) is 10.8 Å². The normalized spacial score (nSPS) is 8.55. The van der Waals surface area contributed by atoms with Gasteiger partial charge in [-0.1, -0.05) is 24.9 Å². The van der Waals surface area contributed by atoms with E-state index in [1.807, 2.05) is 6.92 Å². The van der Waals surface area contributed by atoms with Crippen LogP contribution in [0.3, 0.4) is 0 Å². The molecule has 2 nitrogen and oxygen atoms in total. The van der Waals surface area contributed by atoms with E-state index in [1.54, 1.807) is 6.07 Å². The smallest absolute Gasteiger partial charge is 0.137 e. The van der Waals surface area contributed by atoms with Gasteiger partial charge in [-0.05, 0) is 6.92 Å². The van der Waals surface area contributed by atoms with Crippen molar-refractivity contribution in [1.29, 1.82) is 0 Å². The number of Topliss-reactive ketones (excluding diaryl/α,β-unsaturated/α-hetero) is 1. The van der Waals surface area contributed by atoms with Gasteiger partial charge in [0.2, 0.25) is 0 Å². The van der Waals surface area contributed by atoms with Crippen molar-refractivity contribution in [2.45, 2.75) is 13.8 Å². The molecule has 1 radical (unpaired) electrons. The van der Waals surface area contributed by atoms with Crippen molar-refractivity contribution in [2.24, 2.45) is 0 Å². The molecule has 0 unspecified atom stereocenters. The topological polar surface area (TPSA) is 30.0 Å². The summed E-state index contributed by atoms with van der Waals surface area (Å²) in [4.78, 5) is 14.5. The van der Waals surface area contributed by atoms with Crippen LogP contribution in [0.25, 0.3) is 0 Å². The van der Waals surface area contributed by atoms with E-state index in [0.29, 0.717) is 5.56 Å².